The lowest BCUT2D eigenvalue weighted by molar-refractivity contribution is 0.0695. The third-order valence-electron chi connectivity index (χ3n) is 4.74. The Hall–Kier alpha value is -3.69. The number of carbonyl (C=O) groups is 2. The van der Waals surface area contributed by atoms with Gasteiger partial charge in [-0.3, -0.25) is 0 Å². The number of aromatic carboxylic acids is 2. The maximum atomic E-state index is 12.0. The van der Waals surface area contributed by atoms with E-state index in [1.165, 1.54) is 13.2 Å². The van der Waals surface area contributed by atoms with Gasteiger partial charge >= 0.3 is 11.9 Å². The average Bonchev–Trinajstić information content (AvgIpc) is 2.74. The number of aryl methyl sites for hydroxylation is 1. The molecule has 3 aromatic carbocycles. The van der Waals surface area contributed by atoms with Crippen LogP contribution in [0, 0.1) is 6.92 Å². The summed E-state index contributed by atoms with van der Waals surface area (Å²) < 4.78 is 31.9. The van der Waals surface area contributed by atoms with Gasteiger partial charge < -0.3 is 24.2 Å². The van der Waals surface area contributed by atoms with Gasteiger partial charge in [0.05, 0.1) is 24.0 Å². The molecular formula is C23H20O8S. The second-order valence-electron chi connectivity index (χ2n) is 6.87. The molecule has 1 unspecified atom stereocenters. The number of carboxylic acid groups (broad SMARTS) is 2. The number of hydrogen-bond acceptors (Lipinski definition) is 5. The van der Waals surface area contributed by atoms with E-state index in [1.54, 1.807) is 49.4 Å². The highest BCUT2D eigenvalue weighted by Gasteiger charge is 2.21. The lowest BCUT2D eigenvalue weighted by Crippen LogP contribution is -2.07. The molecule has 0 spiro atoms. The Labute approximate surface area is 186 Å². The number of carboxylic acids is 2. The smallest absolute Gasteiger partial charge is 0.336 e. The predicted molar refractivity (Wildman–Crippen MR) is 118 cm³/mol. The van der Waals surface area contributed by atoms with Crippen LogP contribution in [-0.4, -0.2) is 38.0 Å². The molecule has 3 rings (SSSR count). The normalized spacial score (nSPS) is 11.6. The first-order valence-corrected chi connectivity index (χ1v) is 10.6. The number of benzene rings is 3. The summed E-state index contributed by atoms with van der Waals surface area (Å²) in [5.74, 6) is -1.63. The average molecular weight is 456 g/mol. The number of hydrogen-bond donors (Lipinski definition) is 3. The van der Waals surface area contributed by atoms with Crippen molar-refractivity contribution in [3.05, 3.63) is 76.9 Å². The van der Waals surface area contributed by atoms with Crippen LogP contribution in [0.15, 0.2) is 54.6 Å². The Morgan fingerprint density at radius 3 is 2.12 bits per heavy atom. The molecule has 1 atom stereocenters. The fourth-order valence-corrected chi connectivity index (χ4v) is 3.73. The standard InChI is InChI=1S/C23H20O8S/c1-13-9-16(18(23(26)27)11-15(13)22(24)25)17-10-14(12-32(28)29)7-8-19(17)31-21-6-4-3-5-20(21)30-2/h3-11H,12H2,1-2H3,(H,24,25)(H,26,27)(H,28,29). The molecule has 0 saturated heterocycles. The first kappa shape index (κ1) is 23.0. The van der Waals surface area contributed by atoms with Gasteiger partial charge in [0.15, 0.2) is 22.6 Å². The van der Waals surface area contributed by atoms with Crippen LogP contribution in [0.3, 0.4) is 0 Å². The van der Waals surface area contributed by atoms with E-state index in [1.807, 2.05) is 0 Å². The number of methoxy groups -OCH3 is 1. The van der Waals surface area contributed by atoms with Gasteiger partial charge in [-0.15, -0.1) is 0 Å². The van der Waals surface area contributed by atoms with Crippen LogP contribution < -0.4 is 9.47 Å². The lowest BCUT2D eigenvalue weighted by atomic mass is 9.92. The van der Waals surface area contributed by atoms with E-state index in [9.17, 15) is 28.6 Å². The highest BCUT2D eigenvalue weighted by molar-refractivity contribution is 7.78. The minimum absolute atomic E-state index is 0.133. The van der Waals surface area contributed by atoms with Crippen molar-refractivity contribution in [2.24, 2.45) is 0 Å². The summed E-state index contributed by atoms with van der Waals surface area (Å²) in [6, 6.07) is 14.2. The quantitative estimate of drug-likeness (QED) is 0.420. The van der Waals surface area contributed by atoms with Gasteiger partial charge in [0, 0.05) is 11.1 Å². The van der Waals surface area contributed by atoms with E-state index in [0.29, 0.717) is 28.2 Å². The van der Waals surface area contributed by atoms with Crippen molar-refractivity contribution < 1.29 is 38.0 Å². The zero-order valence-corrected chi connectivity index (χ0v) is 18.0. The summed E-state index contributed by atoms with van der Waals surface area (Å²) in [6.07, 6.45) is 0. The summed E-state index contributed by atoms with van der Waals surface area (Å²) >= 11 is -2.11. The van der Waals surface area contributed by atoms with E-state index >= 15 is 0 Å². The van der Waals surface area contributed by atoms with Crippen molar-refractivity contribution in [1.82, 2.24) is 0 Å². The highest BCUT2D eigenvalue weighted by Crippen LogP contribution is 2.40. The molecule has 0 fully saturated rings. The molecule has 166 valence electrons. The van der Waals surface area contributed by atoms with Gasteiger partial charge in [-0.05, 0) is 54.4 Å². The van der Waals surface area contributed by atoms with Crippen molar-refractivity contribution in [3.63, 3.8) is 0 Å². The fraction of sp³-hybridized carbons (Fsp3) is 0.130. The molecule has 0 amide bonds. The Balaban J connectivity index is 2.25. The minimum atomic E-state index is -2.11. The molecule has 0 aliphatic heterocycles. The summed E-state index contributed by atoms with van der Waals surface area (Å²) in [7, 11) is 1.49. The molecule has 0 aliphatic rings. The molecule has 0 radical (unpaired) electrons. The van der Waals surface area contributed by atoms with Gasteiger partial charge in [-0.25, -0.2) is 13.8 Å². The topological polar surface area (TPSA) is 130 Å². The van der Waals surface area contributed by atoms with Gasteiger partial charge in [-0.1, -0.05) is 18.2 Å². The summed E-state index contributed by atoms with van der Waals surface area (Å²) in [4.78, 5) is 23.5. The molecule has 0 saturated carbocycles. The van der Waals surface area contributed by atoms with Crippen molar-refractivity contribution >= 4 is 23.0 Å². The van der Waals surface area contributed by atoms with Crippen LogP contribution in [0.5, 0.6) is 17.2 Å². The monoisotopic (exact) mass is 456 g/mol. The fourth-order valence-electron chi connectivity index (χ4n) is 3.27. The number of rotatable bonds is 8. The molecule has 0 aromatic heterocycles. The predicted octanol–water partition coefficient (Wildman–Crippen LogP) is 4.58. The minimum Gasteiger partial charge on any atom is -0.493 e. The van der Waals surface area contributed by atoms with Crippen molar-refractivity contribution in [2.75, 3.05) is 7.11 Å². The molecule has 8 nitrogen and oxygen atoms in total. The van der Waals surface area contributed by atoms with Crippen LogP contribution in [0.25, 0.3) is 11.1 Å². The number of ether oxygens (including phenoxy) is 2. The van der Waals surface area contributed by atoms with E-state index in [2.05, 4.69) is 0 Å². The van der Waals surface area contributed by atoms with E-state index in [0.717, 1.165) is 6.07 Å². The van der Waals surface area contributed by atoms with Crippen LogP contribution in [-0.2, 0) is 16.8 Å². The highest BCUT2D eigenvalue weighted by atomic mass is 32.2. The zero-order chi connectivity index (χ0) is 23.4. The first-order chi connectivity index (χ1) is 15.2. The molecule has 3 aromatic rings. The van der Waals surface area contributed by atoms with Crippen LogP contribution >= 0.6 is 0 Å². The molecule has 32 heavy (non-hydrogen) atoms. The molecule has 9 heteroatoms. The van der Waals surface area contributed by atoms with Gasteiger partial charge in [0.25, 0.3) is 0 Å². The second-order valence-corrected chi connectivity index (χ2v) is 7.80. The molecule has 0 heterocycles. The first-order valence-electron chi connectivity index (χ1n) is 9.34. The van der Waals surface area contributed by atoms with Crippen LogP contribution in [0.1, 0.15) is 31.8 Å². The van der Waals surface area contributed by atoms with Crippen LogP contribution in [0.2, 0.25) is 0 Å². The Bertz CT molecular complexity index is 1220. The van der Waals surface area contributed by atoms with E-state index in [4.69, 9.17) is 9.47 Å². The van der Waals surface area contributed by atoms with Gasteiger partial charge in [0.2, 0.25) is 0 Å². The maximum absolute atomic E-state index is 12.0. The Morgan fingerprint density at radius 2 is 1.53 bits per heavy atom. The maximum Gasteiger partial charge on any atom is 0.336 e. The van der Waals surface area contributed by atoms with E-state index in [-0.39, 0.29) is 28.2 Å². The van der Waals surface area contributed by atoms with Crippen molar-refractivity contribution in [2.45, 2.75) is 12.7 Å². The summed E-state index contributed by atoms with van der Waals surface area (Å²) in [5.41, 5.74) is 1.01. The SMILES string of the molecule is COc1ccccc1Oc1ccc(CS(=O)O)cc1-c1cc(C)c(C(=O)O)cc1C(=O)O. The van der Waals surface area contributed by atoms with E-state index < -0.39 is 23.0 Å². The van der Waals surface area contributed by atoms with Crippen molar-refractivity contribution in [3.8, 4) is 28.4 Å². The summed E-state index contributed by atoms with van der Waals surface area (Å²) in [5, 5.41) is 19.1. The molecule has 0 bridgehead atoms. The Morgan fingerprint density at radius 1 is 0.875 bits per heavy atom. The lowest BCUT2D eigenvalue weighted by Gasteiger charge is -2.17. The third kappa shape index (κ3) is 4.96. The third-order valence-corrected chi connectivity index (χ3v) is 5.32. The largest absolute Gasteiger partial charge is 0.493 e. The molecule has 3 N–H and O–H groups in total. The van der Waals surface area contributed by atoms with Crippen LogP contribution in [0.4, 0.5) is 0 Å². The zero-order valence-electron chi connectivity index (χ0n) is 17.2. The molecular weight excluding hydrogens is 436 g/mol. The van der Waals surface area contributed by atoms with Gasteiger partial charge in [-0.2, -0.15) is 0 Å². The van der Waals surface area contributed by atoms with Crippen molar-refractivity contribution in [1.29, 1.82) is 0 Å². The second kappa shape index (κ2) is 9.63. The summed E-state index contributed by atoms with van der Waals surface area (Å²) in [6.45, 7) is 1.56. The van der Waals surface area contributed by atoms with Gasteiger partial charge in [0.1, 0.15) is 5.75 Å². The molecule has 0 aliphatic carbocycles. The Kier molecular flexibility index (Phi) is 6.92. The number of para-hydroxylation sites is 2.